The minimum atomic E-state index is -0.619. The Hall–Kier alpha value is -2.12. The van der Waals surface area contributed by atoms with E-state index in [1.54, 1.807) is 16.8 Å². The largest absolute Gasteiger partial charge is 0.494 e. The molecule has 7 nitrogen and oxygen atoms in total. The summed E-state index contributed by atoms with van der Waals surface area (Å²) in [6.45, 7) is 3.35. The Bertz CT molecular complexity index is 576. The van der Waals surface area contributed by atoms with Gasteiger partial charge in [-0.1, -0.05) is 12.1 Å². The lowest BCUT2D eigenvalue weighted by Crippen LogP contribution is -2.45. The normalized spacial score (nSPS) is 20.8. The number of nitrogens with zero attached hydrogens (tertiary/aromatic N) is 2. The number of carbonyl (C=O) groups is 2. The number of hydrogen-bond acceptors (Lipinski definition) is 5. The molecule has 0 aliphatic carbocycles. The summed E-state index contributed by atoms with van der Waals surface area (Å²) in [4.78, 5) is 27.0. The van der Waals surface area contributed by atoms with Gasteiger partial charge in [-0.3, -0.25) is 14.5 Å². The average molecular weight is 335 g/mol. The van der Waals surface area contributed by atoms with Crippen molar-refractivity contribution in [1.29, 1.82) is 0 Å². The van der Waals surface area contributed by atoms with Crippen molar-refractivity contribution in [2.24, 2.45) is 5.73 Å². The van der Waals surface area contributed by atoms with E-state index in [4.69, 9.17) is 10.5 Å². The van der Waals surface area contributed by atoms with Crippen LogP contribution in [0.1, 0.15) is 18.9 Å². The zero-order valence-electron chi connectivity index (χ0n) is 14.1. The van der Waals surface area contributed by atoms with Crippen LogP contribution in [0.15, 0.2) is 24.3 Å². The van der Waals surface area contributed by atoms with E-state index in [0.717, 1.165) is 11.3 Å². The maximum absolute atomic E-state index is 12.4. The number of rotatable bonds is 7. The number of likely N-dealkylation sites (N-methyl/N-ethyl adjacent to an activating group) is 1. The van der Waals surface area contributed by atoms with E-state index in [-0.39, 0.29) is 25.4 Å². The van der Waals surface area contributed by atoms with E-state index in [0.29, 0.717) is 13.2 Å². The van der Waals surface area contributed by atoms with E-state index < -0.39 is 18.1 Å². The standard InChI is InChI=1S/C17H25N3O4/c1-3-24-14-6-4-12(5-7-14)9-19(2)16(22)11-20-10-13(21)8-15(20)17(18)23/h4-7,13,15,21H,3,8-11H2,1-2H3,(H2,18,23)/t13-,15-/m0/s1. The maximum Gasteiger partial charge on any atom is 0.236 e. The van der Waals surface area contributed by atoms with Gasteiger partial charge in [0.05, 0.1) is 25.3 Å². The first-order valence-corrected chi connectivity index (χ1v) is 8.07. The lowest BCUT2D eigenvalue weighted by Gasteiger charge is -2.24. The Morgan fingerprint density at radius 2 is 2.04 bits per heavy atom. The number of aliphatic hydroxyl groups excluding tert-OH is 1. The van der Waals surface area contributed by atoms with E-state index in [2.05, 4.69) is 0 Å². The predicted octanol–water partition coefficient (Wildman–Crippen LogP) is -0.0358. The van der Waals surface area contributed by atoms with E-state index in [1.165, 1.54) is 0 Å². The van der Waals surface area contributed by atoms with Gasteiger partial charge in [0, 0.05) is 20.1 Å². The smallest absolute Gasteiger partial charge is 0.236 e. The summed E-state index contributed by atoms with van der Waals surface area (Å²) in [5, 5.41) is 9.69. The fraction of sp³-hybridized carbons (Fsp3) is 0.529. The molecule has 2 atom stereocenters. The molecule has 1 aromatic rings. The van der Waals surface area contributed by atoms with Gasteiger partial charge in [-0.25, -0.2) is 0 Å². The molecule has 132 valence electrons. The van der Waals surface area contributed by atoms with E-state index in [9.17, 15) is 14.7 Å². The second-order valence-corrected chi connectivity index (χ2v) is 6.06. The van der Waals surface area contributed by atoms with Crippen LogP contribution in [0.3, 0.4) is 0 Å². The van der Waals surface area contributed by atoms with E-state index in [1.807, 2.05) is 31.2 Å². The van der Waals surface area contributed by atoms with Crippen LogP contribution < -0.4 is 10.5 Å². The summed E-state index contributed by atoms with van der Waals surface area (Å²) in [5.41, 5.74) is 6.32. The van der Waals surface area contributed by atoms with Crippen LogP contribution in [0.5, 0.6) is 5.75 Å². The summed E-state index contributed by atoms with van der Waals surface area (Å²) >= 11 is 0. The number of aliphatic hydroxyl groups is 1. The molecule has 7 heteroatoms. The molecule has 24 heavy (non-hydrogen) atoms. The Kier molecular flexibility index (Phi) is 6.16. The van der Waals surface area contributed by atoms with Crippen LogP contribution in [0.4, 0.5) is 0 Å². The Labute approximate surface area is 142 Å². The number of β-amino-alcohol motifs (C(OH)–C–C–N with tert-alkyl or cyclic N) is 1. The summed E-state index contributed by atoms with van der Waals surface area (Å²) in [7, 11) is 1.71. The number of hydrogen-bond donors (Lipinski definition) is 2. The molecule has 1 aliphatic heterocycles. The first-order valence-electron chi connectivity index (χ1n) is 8.07. The molecule has 0 saturated carbocycles. The van der Waals surface area contributed by atoms with Crippen molar-refractivity contribution in [2.45, 2.75) is 32.0 Å². The fourth-order valence-corrected chi connectivity index (χ4v) is 2.86. The summed E-state index contributed by atoms with van der Waals surface area (Å²) in [6, 6.07) is 7.00. The highest BCUT2D eigenvalue weighted by molar-refractivity contribution is 5.82. The fourth-order valence-electron chi connectivity index (χ4n) is 2.86. The molecule has 3 N–H and O–H groups in total. The molecule has 0 bridgehead atoms. The second kappa shape index (κ2) is 8.12. The molecule has 1 aromatic carbocycles. The molecule has 0 spiro atoms. The molecule has 1 heterocycles. The average Bonchev–Trinajstić information content (AvgIpc) is 2.90. The second-order valence-electron chi connectivity index (χ2n) is 6.06. The minimum Gasteiger partial charge on any atom is -0.494 e. The molecule has 2 amide bonds. The summed E-state index contributed by atoms with van der Waals surface area (Å²) < 4.78 is 5.39. The van der Waals surface area contributed by atoms with Crippen molar-refractivity contribution < 1.29 is 19.4 Å². The zero-order valence-corrected chi connectivity index (χ0v) is 14.1. The van der Waals surface area contributed by atoms with Crippen molar-refractivity contribution in [3.63, 3.8) is 0 Å². The first-order chi connectivity index (χ1) is 11.4. The lowest BCUT2D eigenvalue weighted by atomic mass is 10.2. The quantitative estimate of drug-likeness (QED) is 0.729. The maximum atomic E-state index is 12.4. The van der Waals surface area contributed by atoms with Gasteiger partial charge in [0.2, 0.25) is 11.8 Å². The van der Waals surface area contributed by atoms with Crippen LogP contribution in [0, 0.1) is 0 Å². The molecule has 1 aliphatic rings. The van der Waals surface area contributed by atoms with Gasteiger partial charge in [0.1, 0.15) is 5.75 Å². The number of ether oxygens (including phenoxy) is 1. The van der Waals surface area contributed by atoms with Gasteiger partial charge in [0.15, 0.2) is 0 Å². The van der Waals surface area contributed by atoms with Crippen molar-refractivity contribution >= 4 is 11.8 Å². The molecule has 1 fully saturated rings. The highest BCUT2D eigenvalue weighted by atomic mass is 16.5. The van der Waals surface area contributed by atoms with Crippen LogP contribution in [0.2, 0.25) is 0 Å². The topological polar surface area (TPSA) is 96.1 Å². The lowest BCUT2D eigenvalue weighted by molar-refractivity contribution is -0.132. The Morgan fingerprint density at radius 1 is 1.38 bits per heavy atom. The van der Waals surface area contributed by atoms with Gasteiger partial charge in [-0.2, -0.15) is 0 Å². The van der Waals surface area contributed by atoms with Crippen molar-refractivity contribution in [1.82, 2.24) is 9.80 Å². The molecular weight excluding hydrogens is 310 g/mol. The number of amides is 2. The van der Waals surface area contributed by atoms with Crippen LogP contribution in [-0.2, 0) is 16.1 Å². The predicted molar refractivity (Wildman–Crippen MR) is 89.3 cm³/mol. The van der Waals surface area contributed by atoms with Crippen LogP contribution in [0.25, 0.3) is 0 Å². The van der Waals surface area contributed by atoms with Crippen molar-refractivity contribution in [3.8, 4) is 5.75 Å². The molecule has 0 radical (unpaired) electrons. The summed E-state index contributed by atoms with van der Waals surface area (Å²) in [6.07, 6.45) is -0.336. The number of nitrogens with two attached hydrogens (primary N) is 1. The number of benzene rings is 1. The van der Waals surface area contributed by atoms with Crippen LogP contribution in [-0.4, -0.2) is 65.6 Å². The zero-order chi connectivity index (χ0) is 17.7. The third-order valence-corrected chi connectivity index (χ3v) is 4.13. The molecule has 0 unspecified atom stereocenters. The Morgan fingerprint density at radius 3 is 2.62 bits per heavy atom. The monoisotopic (exact) mass is 335 g/mol. The third-order valence-electron chi connectivity index (χ3n) is 4.13. The molecule has 0 aromatic heterocycles. The molecular formula is C17H25N3O4. The van der Waals surface area contributed by atoms with Crippen molar-refractivity contribution in [2.75, 3.05) is 26.7 Å². The van der Waals surface area contributed by atoms with Gasteiger partial charge in [-0.15, -0.1) is 0 Å². The highest BCUT2D eigenvalue weighted by Gasteiger charge is 2.36. The van der Waals surface area contributed by atoms with E-state index >= 15 is 0 Å². The number of likely N-dealkylation sites (tertiary alicyclic amines) is 1. The molecule has 2 rings (SSSR count). The van der Waals surface area contributed by atoms with Gasteiger partial charge in [0.25, 0.3) is 0 Å². The third kappa shape index (κ3) is 4.69. The highest BCUT2D eigenvalue weighted by Crippen LogP contribution is 2.18. The van der Waals surface area contributed by atoms with Gasteiger partial charge < -0.3 is 20.5 Å². The van der Waals surface area contributed by atoms with Gasteiger partial charge >= 0.3 is 0 Å². The van der Waals surface area contributed by atoms with Crippen molar-refractivity contribution in [3.05, 3.63) is 29.8 Å². The number of primary amides is 1. The first kappa shape index (κ1) is 18.2. The van der Waals surface area contributed by atoms with Gasteiger partial charge in [-0.05, 0) is 31.0 Å². The minimum absolute atomic E-state index is 0.0677. The number of carbonyl (C=O) groups excluding carboxylic acids is 2. The molecule has 1 saturated heterocycles. The SMILES string of the molecule is CCOc1ccc(CN(C)C(=O)CN2C[C@@H](O)C[C@H]2C(N)=O)cc1. The summed E-state index contributed by atoms with van der Waals surface area (Å²) in [5.74, 6) is 0.170. The Balaban J connectivity index is 1.90. The van der Waals surface area contributed by atoms with Crippen LogP contribution >= 0.6 is 0 Å².